The SMILES string of the molecule is CCCC(=O)O[C@H]1[C@@H](OC(=O)CCC)COC(OC(=O)CCCBr)[C@@H]1OC(=O)CCC. The first-order valence-corrected chi connectivity index (χ1v) is 11.9. The predicted molar refractivity (Wildman–Crippen MR) is 113 cm³/mol. The van der Waals surface area contributed by atoms with Crippen molar-refractivity contribution >= 4 is 39.8 Å². The van der Waals surface area contributed by atoms with Crippen LogP contribution in [0, 0.1) is 0 Å². The molecule has 1 aliphatic heterocycles. The highest BCUT2D eigenvalue weighted by atomic mass is 79.9. The number of rotatable bonds is 13. The van der Waals surface area contributed by atoms with Gasteiger partial charge in [-0.2, -0.15) is 0 Å². The van der Waals surface area contributed by atoms with Gasteiger partial charge >= 0.3 is 23.9 Å². The molecular weight excluding hydrogens is 476 g/mol. The van der Waals surface area contributed by atoms with Crippen LogP contribution in [0.5, 0.6) is 0 Å². The predicted octanol–water partition coefficient (Wildman–Crippen LogP) is 3.20. The molecule has 0 amide bonds. The quantitative estimate of drug-likeness (QED) is 0.210. The second-order valence-electron chi connectivity index (χ2n) is 7.17. The summed E-state index contributed by atoms with van der Waals surface area (Å²) in [6.07, 6.45) is -1.87. The minimum atomic E-state index is -1.27. The standard InChI is InChI=1S/C21H33BrO9/c1-4-8-15(23)28-14-13-27-21(31-18(26)11-7-12-22)20(30-17(25)10-6-3)19(14)29-16(24)9-5-2/h14,19-21H,4-13H2,1-3H3/t14-,19-,20+,21?/m0/s1. The van der Waals surface area contributed by atoms with E-state index in [1.165, 1.54) is 0 Å². The van der Waals surface area contributed by atoms with Crippen molar-refractivity contribution in [1.82, 2.24) is 0 Å². The van der Waals surface area contributed by atoms with Crippen LogP contribution in [0.4, 0.5) is 0 Å². The van der Waals surface area contributed by atoms with Crippen molar-refractivity contribution in [2.75, 3.05) is 11.9 Å². The molecule has 0 aromatic heterocycles. The number of carbonyl (C=O) groups excluding carboxylic acids is 4. The van der Waals surface area contributed by atoms with E-state index in [1.807, 2.05) is 20.8 Å². The smallest absolute Gasteiger partial charge is 0.308 e. The number of alkyl halides is 1. The Morgan fingerprint density at radius 3 is 1.74 bits per heavy atom. The molecule has 0 spiro atoms. The zero-order valence-electron chi connectivity index (χ0n) is 18.4. The Labute approximate surface area is 191 Å². The minimum absolute atomic E-state index is 0.122. The van der Waals surface area contributed by atoms with Crippen molar-refractivity contribution in [3.8, 4) is 0 Å². The fourth-order valence-corrected chi connectivity index (χ4v) is 3.16. The zero-order valence-corrected chi connectivity index (χ0v) is 20.0. The molecular formula is C21H33BrO9. The first kappa shape index (κ1) is 27.4. The molecule has 1 saturated heterocycles. The monoisotopic (exact) mass is 508 g/mol. The second-order valence-corrected chi connectivity index (χ2v) is 7.96. The van der Waals surface area contributed by atoms with E-state index < -0.39 is 48.5 Å². The highest BCUT2D eigenvalue weighted by Gasteiger charge is 2.49. The van der Waals surface area contributed by atoms with Gasteiger partial charge in [0.15, 0.2) is 12.2 Å². The second kappa shape index (κ2) is 15.2. The molecule has 0 bridgehead atoms. The fourth-order valence-electron chi connectivity index (χ4n) is 2.87. The Morgan fingerprint density at radius 1 is 0.742 bits per heavy atom. The lowest BCUT2D eigenvalue weighted by Gasteiger charge is -2.40. The number of esters is 4. The summed E-state index contributed by atoms with van der Waals surface area (Å²) >= 11 is 3.25. The van der Waals surface area contributed by atoms with Crippen molar-refractivity contribution in [3.63, 3.8) is 0 Å². The van der Waals surface area contributed by atoms with Gasteiger partial charge in [0.2, 0.25) is 12.4 Å². The van der Waals surface area contributed by atoms with Crippen LogP contribution in [0.25, 0.3) is 0 Å². The average Bonchev–Trinajstić information content (AvgIpc) is 2.71. The normalized spacial score (nSPS) is 23.0. The molecule has 10 heteroatoms. The van der Waals surface area contributed by atoms with Gasteiger partial charge in [-0.1, -0.05) is 36.7 Å². The van der Waals surface area contributed by atoms with Crippen LogP contribution < -0.4 is 0 Å². The summed E-state index contributed by atoms with van der Waals surface area (Å²) in [5, 5.41) is 0.620. The molecule has 178 valence electrons. The summed E-state index contributed by atoms with van der Waals surface area (Å²) in [6, 6.07) is 0. The highest BCUT2D eigenvalue weighted by Crippen LogP contribution is 2.27. The maximum absolute atomic E-state index is 12.2. The lowest BCUT2D eigenvalue weighted by Crippen LogP contribution is -2.58. The molecule has 0 N–H and O–H groups in total. The molecule has 9 nitrogen and oxygen atoms in total. The molecule has 1 aliphatic rings. The molecule has 0 aromatic carbocycles. The summed E-state index contributed by atoms with van der Waals surface area (Å²) in [5.74, 6) is -2.12. The Hall–Kier alpha value is -1.68. The van der Waals surface area contributed by atoms with Gasteiger partial charge in [-0.15, -0.1) is 0 Å². The topological polar surface area (TPSA) is 114 Å². The molecule has 1 fully saturated rings. The summed E-state index contributed by atoms with van der Waals surface area (Å²) in [5.41, 5.74) is 0. The van der Waals surface area contributed by atoms with E-state index in [0.29, 0.717) is 31.0 Å². The van der Waals surface area contributed by atoms with E-state index in [9.17, 15) is 19.2 Å². The Morgan fingerprint density at radius 2 is 1.23 bits per heavy atom. The van der Waals surface area contributed by atoms with E-state index in [-0.39, 0.29) is 32.3 Å². The molecule has 0 aliphatic carbocycles. The largest absolute Gasteiger partial charge is 0.456 e. The molecule has 1 rings (SSSR count). The average molecular weight is 509 g/mol. The number of halogens is 1. The first-order valence-electron chi connectivity index (χ1n) is 10.8. The van der Waals surface area contributed by atoms with E-state index in [0.717, 1.165) is 0 Å². The van der Waals surface area contributed by atoms with Gasteiger partial charge in [0.1, 0.15) is 0 Å². The van der Waals surface area contributed by atoms with E-state index in [2.05, 4.69) is 15.9 Å². The molecule has 0 aromatic rings. The van der Waals surface area contributed by atoms with Gasteiger partial charge < -0.3 is 23.7 Å². The number of carbonyl (C=O) groups is 4. The number of ether oxygens (including phenoxy) is 5. The number of hydrogen-bond donors (Lipinski definition) is 0. The van der Waals surface area contributed by atoms with Crippen LogP contribution >= 0.6 is 15.9 Å². The van der Waals surface area contributed by atoms with Crippen molar-refractivity contribution < 1.29 is 42.9 Å². The molecule has 1 heterocycles. The molecule has 1 unspecified atom stereocenters. The maximum Gasteiger partial charge on any atom is 0.308 e. The van der Waals surface area contributed by atoms with Crippen LogP contribution in [0.15, 0.2) is 0 Å². The Balaban J connectivity index is 3.11. The molecule has 4 atom stereocenters. The van der Waals surface area contributed by atoms with Crippen LogP contribution in [0.2, 0.25) is 0 Å². The summed E-state index contributed by atoms with van der Waals surface area (Å²) in [6.45, 7) is 5.29. The van der Waals surface area contributed by atoms with Gasteiger partial charge in [-0.05, 0) is 25.7 Å². The summed E-state index contributed by atoms with van der Waals surface area (Å²) in [7, 11) is 0. The van der Waals surface area contributed by atoms with Crippen LogP contribution in [0.1, 0.15) is 72.1 Å². The van der Waals surface area contributed by atoms with Crippen LogP contribution in [-0.2, 0) is 42.9 Å². The fraction of sp³-hybridized carbons (Fsp3) is 0.810. The van der Waals surface area contributed by atoms with E-state index in [4.69, 9.17) is 23.7 Å². The third kappa shape index (κ3) is 9.99. The van der Waals surface area contributed by atoms with Gasteiger partial charge in [-0.25, -0.2) is 0 Å². The van der Waals surface area contributed by atoms with Crippen LogP contribution in [-0.4, -0.2) is 60.4 Å². The van der Waals surface area contributed by atoms with Crippen LogP contribution in [0.3, 0.4) is 0 Å². The van der Waals surface area contributed by atoms with Gasteiger partial charge in [0.25, 0.3) is 0 Å². The summed E-state index contributed by atoms with van der Waals surface area (Å²) in [4.78, 5) is 48.7. The Bertz CT molecular complexity index is 595. The third-order valence-electron chi connectivity index (χ3n) is 4.33. The highest BCUT2D eigenvalue weighted by molar-refractivity contribution is 9.09. The van der Waals surface area contributed by atoms with Gasteiger partial charge in [0.05, 0.1) is 6.61 Å². The van der Waals surface area contributed by atoms with E-state index in [1.54, 1.807) is 0 Å². The minimum Gasteiger partial charge on any atom is -0.456 e. The summed E-state index contributed by atoms with van der Waals surface area (Å²) < 4.78 is 27.4. The van der Waals surface area contributed by atoms with Crippen molar-refractivity contribution in [2.45, 2.75) is 96.7 Å². The van der Waals surface area contributed by atoms with Gasteiger partial charge in [0, 0.05) is 31.0 Å². The lowest BCUT2D eigenvalue weighted by atomic mass is 10.0. The van der Waals surface area contributed by atoms with Crippen molar-refractivity contribution in [1.29, 1.82) is 0 Å². The first-order chi connectivity index (χ1) is 14.9. The van der Waals surface area contributed by atoms with Gasteiger partial charge in [-0.3, -0.25) is 19.2 Å². The molecule has 31 heavy (non-hydrogen) atoms. The zero-order chi connectivity index (χ0) is 23.2. The molecule has 0 radical (unpaired) electrons. The maximum atomic E-state index is 12.2. The molecule has 0 saturated carbocycles. The third-order valence-corrected chi connectivity index (χ3v) is 4.89. The van der Waals surface area contributed by atoms with Crippen molar-refractivity contribution in [3.05, 3.63) is 0 Å². The lowest BCUT2D eigenvalue weighted by molar-refractivity contribution is -0.275. The van der Waals surface area contributed by atoms with Crippen molar-refractivity contribution in [2.24, 2.45) is 0 Å². The van der Waals surface area contributed by atoms with E-state index >= 15 is 0 Å². The Kier molecular flexibility index (Phi) is 13.4. The number of hydrogen-bond acceptors (Lipinski definition) is 9.